The molecule has 1 aromatic carbocycles. The van der Waals surface area contributed by atoms with Crippen molar-refractivity contribution in [3.8, 4) is 11.5 Å². The summed E-state index contributed by atoms with van der Waals surface area (Å²) in [5, 5.41) is 6.51. The van der Waals surface area contributed by atoms with Gasteiger partial charge in [-0.2, -0.15) is 4.98 Å². The molecular formula is C16H20N4O2. The highest BCUT2D eigenvalue weighted by atomic mass is 16.5. The maximum absolute atomic E-state index is 5.65. The van der Waals surface area contributed by atoms with Gasteiger partial charge in [0.15, 0.2) is 0 Å². The number of hydrogen-bond acceptors (Lipinski definition) is 6. The molecule has 22 heavy (non-hydrogen) atoms. The highest BCUT2D eigenvalue weighted by Gasteiger charge is 2.21. The first-order valence-electron chi connectivity index (χ1n) is 7.44. The van der Waals surface area contributed by atoms with Crippen LogP contribution < -0.4 is 20.1 Å². The molecular weight excluding hydrogens is 280 g/mol. The van der Waals surface area contributed by atoms with Gasteiger partial charge in [0.2, 0.25) is 5.95 Å². The summed E-state index contributed by atoms with van der Waals surface area (Å²) in [4.78, 5) is 8.62. The average molecular weight is 300 g/mol. The second-order valence-corrected chi connectivity index (χ2v) is 5.13. The molecule has 6 nitrogen and oxygen atoms in total. The first kappa shape index (κ1) is 14.4. The first-order valence-corrected chi connectivity index (χ1v) is 7.44. The van der Waals surface area contributed by atoms with E-state index in [4.69, 9.17) is 9.47 Å². The Morgan fingerprint density at radius 2 is 1.91 bits per heavy atom. The fourth-order valence-electron chi connectivity index (χ4n) is 1.96. The molecule has 1 saturated carbocycles. The standard InChI is InChI=1S/C16H20N4O2/c1-21-13-4-6-14(7-5-13)22-11-10-17-15-8-9-18-16(20-15)19-12-2-3-12/h4-9,12H,2-3,10-11H2,1H3,(H2,17,18,19,20). The number of rotatable bonds is 8. The van der Waals surface area contributed by atoms with Crippen molar-refractivity contribution in [1.29, 1.82) is 0 Å². The van der Waals surface area contributed by atoms with Crippen LogP contribution >= 0.6 is 0 Å². The highest BCUT2D eigenvalue weighted by Crippen LogP contribution is 2.23. The summed E-state index contributed by atoms with van der Waals surface area (Å²) in [6.07, 6.45) is 4.16. The zero-order valence-electron chi connectivity index (χ0n) is 12.6. The van der Waals surface area contributed by atoms with Crippen molar-refractivity contribution >= 4 is 11.8 Å². The van der Waals surface area contributed by atoms with E-state index in [0.29, 0.717) is 25.1 Å². The quantitative estimate of drug-likeness (QED) is 0.730. The van der Waals surface area contributed by atoms with Crippen LogP contribution in [0.25, 0.3) is 0 Å². The van der Waals surface area contributed by atoms with E-state index in [0.717, 1.165) is 17.3 Å². The predicted octanol–water partition coefficient (Wildman–Crippen LogP) is 2.55. The molecule has 2 N–H and O–H groups in total. The first-order chi connectivity index (χ1) is 10.8. The number of hydrogen-bond donors (Lipinski definition) is 2. The van der Waals surface area contributed by atoms with Gasteiger partial charge < -0.3 is 20.1 Å². The Balaban J connectivity index is 1.42. The Hall–Kier alpha value is -2.50. The number of methoxy groups -OCH3 is 1. The Bertz CT molecular complexity index is 599. The SMILES string of the molecule is COc1ccc(OCCNc2ccnc(NC3CC3)n2)cc1. The van der Waals surface area contributed by atoms with Gasteiger partial charge in [0.05, 0.1) is 13.7 Å². The van der Waals surface area contributed by atoms with Gasteiger partial charge in [-0.05, 0) is 43.2 Å². The molecule has 2 aromatic rings. The summed E-state index contributed by atoms with van der Waals surface area (Å²) in [6.45, 7) is 1.23. The minimum absolute atomic E-state index is 0.550. The van der Waals surface area contributed by atoms with Gasteiger partial charge in [0.25, 0.3) is 0 Å². The van der Waals surface area contributed by atoms with Gasteiger partial charge in [-0.15, -0.1) is 0 Å². The third kappa shape index (κ3) is 4.25. The molecule has 0 aliphatic heterocycles. The lowest BCUT2D eigenvalue weighted by atomic mass is 10.3. The van der Waals surface area contributed by atoms with Gasteiger partial charge in [-0.25, -0.2) is 4.98 Å². The molecule has 1 fully saturated rings. The van der Waals surface area contributed by atoms with Crippen molar-refractivity contribution in [3.63, 3.8) is 0 Å². The van der Waals surface area contributed by atoms with Crippen LogP contribution in [0.15, 0.2) is 36.5 Å². The molecule has 0 bridgehead atoms. The third-order valence-electron chi connectivity index (χ3n) is 3.30. The lowest BCUT2D eigenvalue weighted by Gasteiger charge is -2.09. The van der Waals surface area contributed by atoms with Crippen LogP contribution in [0.3, 0.4) is 0 Å². The van der Waals surface area contributed by atoms with Crippen LogP contribution in [0.1, 0.15) is 12.8 Å². The van der Waals surface area contributed by atoms with Crippen LogP contribution in [-0.2, 0) is 0 Å². The largest absolute Gasteiger partial charge is 0.497 e. The third-order valence-corrected chi connectivity index (χ3v) is 3.30. The van der Waals surface area contributed by atoms with Crippen LogP contribution in [0.2, 0.25) is 0 Å². The van der Waals surface area contributed by atoms with Gasteiger partial charge in [-0.1, -0.05) is 0 Å². The summed E-state index contributed by atoms with van der Waals surface area (Å²) >= 11 is 0. The monoisotopic (exact) mass is 300 g/mol. The van der Waals surface area contributed by atoms with Crippen molar-refractivity contribution in [2.75, 3.05) is 30.9 Å². The highest BCUT2D eigenvalue weighted by molar-refractivity contribution is 5.40. The second kappa shape index (κ2) is 6.98. The lowest BCUT2D eigenvalue weighted by Crippen LogP contribution is -2.13. The molecule has 0 radical (unpaired) electrons. The fourth-order valence-corrected chi connectivity index (χ4v) is 1.96. The van der Waals surface area contributed by atoms with Crippen LogP contribution in [0, 0.1) is 0 Å². The van der Waals surface area contributed by atoms with E-state index < -0.39 is 0 Å². The van der Waals surface area contributed by atoms with Crippen molar-refractivity contribution in [3.05, 3.63) is 36.5 Å². The number of nitrogens with one attached hydrogen (secondary N) is 2. The van der Waals surface area contributed by atoms with Gasteiger partial charge >= 0.3 is 0 Å². The van der Waals surface area contributed by atoms with Crippen molar-refractivity contribution in [2.24, 2.45) is 0 Å². The van der Waals surface area contributed by atoms with Crippen LogP contribution in [0.4, 0.5) is 11.8 Å². The minimum Gasteiger partial charge on any atom is -0.497 e. The predicted molar refractivity (Wildman–Crippen MR) is 85.7 cm³/mol. The molecule has 1 aromatic heterocycles. The summed E-state index contributed by atoms with van der Waals surface area (Å²) in [7, 11) is 1.65. The fraction of sp³-hybridized carbons (Fsp3) is 0.375. The molecule has 0 atom stereocenters. The van der Waals surface area contributed by atoms with E-state index >= 15 is 0 Å². The van der Waals surface area contributed by atoms with Crippen molar-refractivity contribution in [1.82, 2.24) is 9.97 Å². The van der Waals surface area contributed by atoms with E-state index in [9.17, 15) is 0 Å². The molecule has 0 saturated heterocycles. The summed E-state index contributed by atoms with van der Waals surface area (Å²) in [6, 6.07) is 9.94. The zero-order valence-corrected chi connectivity index (χ0v) is 12.6. The summed E-state index contributed by atoms with van der Waals surface area (Å²) in [5.74, 6) is 3.13. The normalized spacial score (nSPS) is 13.5. The van der Waals surface area contributed by atoms with E-state index in [1.165, 1.54) is 12.8 Å². The molecule has 1 heterocycles. The second-order valence-electron chi connectivity index (χ2n) is 5.13. The zero-order chi connectivity index (χ0) is 15.2. The molecule has 1 aliphatic carbocycles. The summed E-state index contributed by atoms with van der Waals surface area (Å²) < 4.78 is 10.8. The van der Waals surface area contributed by atoms with Crippen LogP contribution in [-0.4, -0.2) is 36.3 Å². The molecule has 6 heteroatoms. The van der Waals surface area contributed by atoms with Crippen LogP contribution in [0.5, 0.6) is 11.5 Å². The maximum atomic E-state index is 5.65. The van der Waals surface area contributed by atoms with E-state index in [1.807, 2.05) is 30.3 Å². The van der Waals surface area contributed by atoms with E-state index in [2.05, 4.69) is 20.6 Å². The van der Waals surface area contributed by atoms with Gasteiger partial charge in [-0.3, -0.25) is 0 Å². The molecule has 1 aliphatic rings. The Morgan fingerprint density at radius 1 is 1.14 bits per heavy atom. The number of benzene rings is 1. The van der Waals surface area contributed by atoms with Crippen molar-refractivity contribution < 1.29 is 9.47 Å². The number of aromatic nitrogens is 2. The molecule has 0 unspecified atom stereocenters. The Labute approximate surface area is 129 Å². The maximum Gasteiger partial charge on any atom is 0.224 e. The molecule has 116 valence electrons. The Morgan fingerprint density at radius 3 is 2.64 bits per heavy atom. The van der Waals surface area contributed by atoms with E-state index in [-0.39, 0.29) is 0 Å². The van der Waals surface area contributed by atoms with Gasteiger partial charge in [0, 0.05) is 12.2 Å². The number of ether oxygens (including phenoxy) is 2. The topological polar surface area (TPSA) is 68.3 Å². The molecule has 3 rings (SSSR count). The smallest absolute Gasteiger partial charge is 0.224 e. The number of anilines is 2. The summed E-state index contributed by atoms with van der Waals surface area (Å²) in [5.41, 5.74) is 0. The van der Waals surface area contributed by atoms with Crippen molar-refractivity contribution in [2.45, 2.75) is 18.9 Å². The number of nitrogens with zero attached hydrogens (tertiary/aromatic N) is 2. The average Bonchev–Trinajstić information content (AvgIpc) is 3.36. The van der Waals surface area contributed by atoms with E-state index in [1.54, 1.807) is 13.3 Å². The minimum atomic E-state index is 0.550. The lowest BCUT2D eigenvalue weighted by molar-refractivity contribution is 0.331. The Kier molecular flexibility index (Phi) is 4.58. The molecule has 0 spiro atoms. The van der Waals surface area contributed by atoms with Gasteiger partial charge in [0.1, 0.15) is 23.9 Å². The molecule has 0 amide bonds.